The number of hydrogen-bond acceptors (Lipinski definition) is 6. The van der Waals surface area contributed by atoms with Crippen molar-refractivity contribution in [2.75, 3.05) is 33.8 Å². The molecule has 0 spiro atoms. The monoisotopic (exact) mass is 452 g/mol. The number of phenolic OH excluding ortho intramolecular Hbond substituents is 1. The van der Waals surface area contributed by atoms with Crippen LogP contribution in [0.3, 0.4) is 0 Å². The fraction of sp³-hybridized carbons (Fsp3) is 0.385. The zero-order valence-corrected chi connectivity index (χ0v) is 19.6. The molecule has 1 fully saturated rings. The van der Waals surface area contributed by atoms with E-state index < -0.39 is 17.7 Å². The summed E-state index contributed by atoms with van der Waals surface area (Å²) >= 11 is 0. The number of likely N-dealkylation sites (tertiary alicyclic amines) is 1. The number of phenols is 1. The van der Waals surface area contributed by atoms with Gasteiger partial charge >= 0.3 is 0 Å². The van der Waals surface area contributed by atoms with Crippen LogP contribution in [0.2, 0.25) is 0 Å². The number of rotatable bonds is 9. The summed E-state index contributed by atoms with van der Waals surface area (Å²) < 4.78 is 5.76. The van der Waals surface area contributed by atoms with Crippen molar-refractivity contribution in [2.24, 2.45) is 5.92 Å². The van der Waals surface area contributed by atoms with E-state index in [0.29, 0.717) is 42.4 Å². The minimum atomic E-state index is -0.792. The molecule has 1 atom stereocenters. The molecule has 0 aromatic heterocycles. The molecule has 7 nitrogen and oxygen atoms in total. The van der Waals surface area contributed by atoms with Crippen molar-refractivity contribution in [1.29, 1.82) is 0 Å². The van der Waals surface area contributed by atoms with Gasteiger partial charge in [-0.15, -0.1) is 0 Å². The molecule has 1 saturated heterocycles. The van der Waals surface area contributed by atoms with Crippen LogP contribution >= 0.6 is 0 Å². The van der Waals surface area contributed by atoms with Gasteiger partial charge in [0.1, 0.15) is 17.3 Å². The molecule has 1 amide bonds. The lowest BCUT2D eigenvalue weighted by Gasteiger charge is -2.26. The number of aliphatic hydroxyl groups excluding tert-OH is 1. The van der Waals surface area contributed by atoms with E-state index >= 15 is 0 Å². The number of ketones is 1. The highest BCUT2D eigenvalue weighted by Crippen LogP contribution is 2.40. The molecule has 2 aromatic carbocycles. The number of aromatic hydroxyl groups is 1. The first-order valence-electron chi connectivity index (χ1n) is 11.1. The second kappa shape index (κ2) is 10.5. The second-order valence-corrected chi connectivity index (χ2v) is 8.98. The number of ether oxygens (including phenoxy) is 1. The lowest BCUT2D eigenvalue weighted by molar-refractivity contribution is -0.139. The second-order valence-electron chi connectivity index (χ2n) is 8.98. The minimum absolute atomic E-state index is 0.0106. The van der Waals surface area contributed by atoms with Crippen molar-refractivity contribution < 1.29 is 24.5 Å². The molecule has 1 unspecified atom stereocenters. The molecule has 0 bridgehead atoms. The van der Waals surface area contributed by atoms with Gasteiger partial charge in [-0.05, 0) is 62.8 Å². The number of benzene rings is 2. The number of amides is 1. The lowest BCUT2D eigenvalue weighted by atomic mass is 9.95. The Bertz CT molecular complexity index is 1040. The molecule has 3 rings (SSSR count). The SMILES string of the molecule is CC(C)COc1cccc(/C(O)=C2/C(=O)C(=O)N(CCCN(C)C)C2c2cccc(O)c2)c1. The average molecular weight is 453 g/mol. The van der Waals surface area contributed by atoms with Crippen molar-refractivity contribution in [1.82, 2.24) is 9.80 Å². The first kappa shape index (κ1) is 24.3. The fourth-order valence-corrected chi connectivity index (χ4v) is 3.86. The zero-order valence-electron chi connectivity index (χ0n) is 19.6. The molecule has 0 aliphatic carbocycles. The summed E-state index contributed by atoms with van der Waals surface area (Å²) in [6.45, 7) is 5.68. The Morgan fingerprint density at radius 1 is 1.12 bits per heavy atom. The number of Topliss-reactive ketones (excluding diaryl/α,β-unsaturated/α-hetero) is 1. The van der Waals surface area contributed by atoms with E-state index in [0.717, 1.165) is 6.54 Å². The molecule has 0 saturated carbocycles. The summed E-state index contributed by atoms with van der Waals surface area (Å²) in [5, 5.41) is 21.2. The van der Waals surface area contributed by atoms with Gasteiger partial charge in [0.05, 0.1) is 18.2 Å². The smallest absolute Gasteiger partial charge is 0.295 e. The van der Waals surface area contributed by atoms with E-state index in [2.05, 4.69) is 0 Å². The van der Waals surface area contributed by atoms with Gasteiger partial charge in [0.15, 0.2) is 0 Å². The molecule has 7 heteroatoms. The third-order valence-corrected chi connectivity index (χ3v) is 5.42. The number of aliphatic hydroxyl groups is 1. The maximum atomic E-state index is 13.1. The van der Waals surface area contributed by atoms with E-state index in [9.17, 15) is 19.8 Å². The van der Waals surface area contributed by atoms with Gasteiger partial charge in [0.2, 0.25) is 0 Å². The average Bonchev–Trinajstić information content (AvgIpc) is 3.02. The van der Waals surface area contributed by atoms with Crippen LogP contribution in [0, 0.1) is 5.92 Å². The largest absolute Gasteiger partial charge is 0.508 e. The zero-order chi connectivity index (χ0) is 24.1. The third-order valence-electron chi connectivity index (χ3n) is 5.42. The van der Waals surface area contributed by atoms with Crippen LogP contribution in [0.4, 0.5) is 0 Å². The number of hydrogen-bond donors (Lipinski definition) is 2. The van der Waals surface area contributed by atoms with Gasteiger partial charge in [-0.25, -0.2) is 0 Å². The summed E-state index contributed by atoms with van der Waals surface area (Å²) in [4.78, 5) is 29.5. The highest BCUT2D eigenvalue weighted by molar-refractivity contribution is 6.46. The number of carbonyl (C=O) groups is 2. The van der Waals surface area contributed by atoms with Crippen LogP contribution in [-0.2, 0) is 9.59 Å². The van der Waals surface area contributed by atoms with E-state index in [1.807, 2.05) is 32.8 Å². The Morgan fingerprint density at radius 2 is 1.85 bits per heavy atom. The molecule has 1 aliphatic heterocycles. The fourth-order valence-electron chi connectivity index (χ4n) is 3.86. The predicted octanol–water partition coefficient (Wildman–Crippen LogP) is 3.80. The molecular weight excluding hydrogens is 420 g/mol. The van der Waals surface area contributed by atoms with Crippen LogP contribution in [0.25, 0.3) is 5.76 Å². The van der Waals surface area contributed by atoms with E-state index in [1.54, 1.807) is 36.4 Å². The van der Waals surface area contributed by atoms with E-state index in [-0.39, 0.29) is 17.1 Å². The van der Waals surface area contributed by atoms with Crippen LogP contribution in [0.1, 0.15) is 37.4 Å². The molecular formula is C26H32N2O5. The molecule has 176 valence electrons. The summed E-state index contributed by atoms with van der Waals surface area (Å²) in [6, 6.07) is 12.5. The Hall–Kier alpha value is -3.32. The van der Waals surface area contributed by atoms with Gasteiger partial charge in [-0.3, -0.25) is 9.59 Å². The van der Waals surface area contributed by atoms with Crippen molar-refractivity contribution in [3.63, 3.8) is 0 Å². The Kier molecular flexibility index (Phi) is 7.76. The summed E-state index contributed by atoms with van der Waals surface area (Å²) in [6.07, 6.45) is 0.661. The highest BCUT2D eigenvalue weighted by atomic mass is 16.5. The first-order chi connectivity index (χ1) is 15.7. The molecule has 1 aliphatic rings. The van der Waals surface area contributed by atoms with Gasteiger partial charge in [0.25, 0.3) is 11.7 Å². The van der Waals surface area contributed by atoms with Crippen LogP contribution in [0.5, 0.6) is 11.5 Å². The lowest BCUT2D eigenvalue weighted by Crippen LogP contribution is -2.32. The summed E-state index contributed by atoms with van der Waals surface area (Å²) in [5.41, 5.74) is 0.969. The minimum Gasteiger partial charge on any atom is -0.508 e. The summed E-state index contributed by atoms with van der Waals surface area (Å²) in [7, 11) is 3.88. The first-order valence-corrected chi connectivity index (χ1v) is 11.1. The maximum Gasteiger partial charge on any atom is 0.295 e. The predicted molar refractivity (Wildman–Crippen MR) is 127 cm³/mol. The Morgan fingerprint density at radius 3 is 2.52 bits per heavy atom. The number of carbonyl (C=O) groups excluding carboxylic acids is 2. The van der Waals surface area contributed by atoms with Crippen LogP contribution in [-0.4, -0.2) is 65.5 Å². The normalized spacial score (nSPS) is 17.9. The maximum absolute atomic E-state index is 13.1. The highest BCUT2D eigenvalue weighted by Gasteiger charge is 2.45. The van der Waals surface area contributed by atoms with Crippen LogP contribution in [0.15, 0.2) is 54.1 Å². The van der Waals surface area contributed by atoms with E-state index in [1.165, 1.54) is 17.0 Å². The molecule has 33 heavy (non-hydrogen) atoms. The van der Waals surface area contributed by atoms with Crippen LogP contribution < -0.4 is 4.74 Å². The quantitative estimate of drug-likeness (QED) is 0.342. The molecule has 1 heterocycles. The molecule has 2 N–H and O–H groups in total. The van der Waals surface area contributed by atoms with Crippen molar-refractivity contribution in [2.45, 2.75) is 26.3 Å². The Balaban J connectivity index is 2.05. The molecule has 0 radical (unpaired) electrons. The number of nitrogens with zero attached hydrogens (tertiary/aromatic N) is 2. The van der Waals surface area contributed by atoms with Crippen molar-refractivity contribution in [3.05, 3.63) is 65.2 Å². The van der Waals surface area contributed by atoms with Gasteiger partial charge in [0, 0.05) is 12.1 Å². The van der Waals surface area contributed by atoms with Crippen molar-refractivity contribution >= 4 is 17.4 Å². The standard InChI is InChI=1S/C26H32N2O5/c1-17(2)16-33-21-11-6-9-19(15-21)24(30)22-23(18-8-5-10-20(29)14-18)28(26(32)25(22)31)13-7-12-27(3)4/h5-6,8-11,14-15,17,23,29-30H,7,12-13,16H2,1-4H3/b24-22-. The van der Waals surface area contributed by atoms with Crippen molar-refractivity contribution in [3.8, 4) is 11.5 Å². The van der Waals surface area contributed by atoms with Gasteiger partial charge < -0.3 is 24.7 Å². The van der Waals surface area contributed by atoms with E-state index in [4.69, 9.17) is 4.74 Å². The van der Waals surface area contributed by atoms with Gasteiger partial charge in [-0.2, -0.15) is 0 Å². The summed E-state index contributed by atoms with van der Waals surface area (Å²) in [5.74, 6) is -0.723. The molecule has 2 aromatic rings. The topological polar surface area (TPSA) is 90.3 Å². The van der Waals surface area contributed by atoms with Gasteiger partial charge in [-0.1, -0.05) is 38.1 Å². The third kappa shape index (κ3) is 5.73. The Labute approximate surface area is 194 Å².